The quantitative estimate of drug-likeness (QED) is 0.899. The van der Waals surface area contributed by atoms with Gasteiger partial charge < -0.3 is 10.6 Å². The molecular weight excluding hydrogens is 264 g/mol. The maximum absolute atomic E-state index is 4.15. The van der Waals surface area contributed by atoms with Gasteiger partial charge in [0.2, 0.25) is 5.95 Å². The molecule has 2 fully saturated rings. The van der Waals surface area contributed by atoms with E-state index in [0.29, 0.717) is 11.6 Å². The number of benzene rings is 1. The molecule has 1 aromatic heterocycles. The molecule has 1 aromatic carbocycles. The lowest BCUT2D eigenvalue weighted by Gasteiger charge is -2.48. The average Bonchev–Trinajstić information content (AvgIpc) is 2.95. The number of anilines is 1. The van der Waals surface area contributed by atoms with Crippen LogP contribution in [0.25, 0.3) is 5.69 Å². The number of nitrogens with zero attached hydrogens (tertiary/aromatic N) is 4. The average molecular weight is 284 g/mol. The number of aromatic nitrogens is 4. The van der Waals surface area contributed by atoms with Gasteiger partial charge in [-0.3, -0.25) is 0 Å². The molecule has 1 aliphatic heterocycles. The lowest BCUT2D eigenvalue weighted by Crippen LogP contribution is -2.58. The Kier molecular flexibility index (Phi) is 3.11. The van der Waals surface area contributed by atoms with Crippen LogP contribution in [-0.2, 0) is 0 Å². The molecule has 1 saturated heterocycles. The van der Waals surface area contributed by atoms with E-state index in [1.54, 1.807) is 4.68 Å². The van der Waals surface area contributed by atoms with Crippen molar-refractivity contribution in [1.29, 1.82) is 0 Å². The van der Waals surface area contributed by atoms with Gasteiger partial charge in [0, 0.05) is 11.6 Å². The van der Waals surface area contributed by atoms with Crippen molar-refractivity contribution in [2.45, 2.75) is 43.7 Å². The van der Waals surface area contributed by atoms with E-state index in [2.05, 4.69) is 26.2 Å². The molecule has 1 spiro atoms. The van der Waals surface area contributed by atoms with Gasteiger partial charge in [-0.1, -0.05) is 23.3 Å². The first-order valence-electron chi connectivity index (χ1n) is 7.70. The summed E-state index contributed by atoms with van der Waals surface area (Å²) in [6, 6.07) is 10.5. The van der Waals surface area contributed by atoms with E-state index in [0.717, 1.165) is 31.0 Å². The topological polar surface area (TPSA) is 67.7 Å². The Morgan fingerprint density at radius 3 is 2.86 bits per heavy atom. The molecule has 6 heteroatoms. The van der Waals surface area contributed by atoms with Gasteiger partial charge in [-0.25, -0.2) is 0 Å². The molecule has 1 atom stereocenters. The van der Waals surface area contributed by atoms with E-state index in [9.17, 15) is 0 Å². The molecule has 2 aromatic rings. The fraction of sp³-hybridized carbons (Fsp3) is 0.533. The molecule has 1 unspecified atom stereocenters. The molecule has 2 N–H and O–H groups in total. The molecule has 21 heavy (non-hydrogen) atoms. The number of hydrogen-bond donors (Lipinski definition) is 2. The van der Waals surface area contributed by atoms with Gasteiger partial charge in [0.1, 0.15) is 0 Å². The van der Waals surface area contributed by atoms with Crippen LogP contribution in [0.5, 0.6) is 0 Å². The minimum atomic E-state index is 0.376. The van der Waals surface area contributed by atoms with E-state index < -0.39 is 0 Å². The molecule has 1 saturated carbocycles. The minimum absolute atomic E-state index is 0.376. The summed E-state index contributed by atoms with van der Waals surface area (Å²) in [5.74, 6) is 0.738. The van der Waals surface area contributed by atoms with Crippen molar-refractivity contribution >= 4 is 5.95 Å². The van der Waals surface area contributed by atoms with Gasteiger partial charge in [-0.15, -0.1) is 0 Å². The second kappa shape index (κ2) is 5.11. The second-order valence-electron chi connectivity index (χ2n) is 6.14. The smallest absolute Gasteiger partial charge is 0.247 e. The first-order chi connectivity index (χ1) is 10.3. The van der Waals surface area contributed by atoms with Gasteiger partial charge in [0.25, 0.3) is 0 Å². The predicted octanol–water partition coefficient (Wildman–Crippen LogP) is 1.75. The van der Waals surface area contributed by atoms with E-state index in [1.165, 1.54) is 19.3 Å². The summed E-state index contributed by atoms with van der Waals surface area (Å²) in [6.07, 6.45) is 6.23. The van der Waals surface area contributed by atoms with Crippen LogP contribution >= 0.6 is 0 Å². The zero-order valence-electron chi connectivity index (χ0n) is 12.0. The third-order valence-corrected chi connectivity index (χ3v) is 4.74. The van der Waals surface area contributed by atoms with E-state index in [-0.39, 0.29) is 0 Å². The van der Waals surface area contributed by atoms with E-state index in [4.69, 9.17) is 0 Å². The predicted molar refractivity (Wildman–Crippen MR) is 80.4 cm³/mol. The summed E-state index contributed by atoms with van der Waals surface area (Å²) in [5.41, 5.74) is 1.36. The van der Waals surface area contributed by atoms with Crippen LogP contribution in [0.2, 0.25) is 0 Å². The van der Waals surface area contributed by atoms with Gasteiger partial charge >= 0.3 is 0 Å². The first-order valence-corrected chi connectivity index (χ1v) is 7.70. The van der Waals surface area contributed by atoms with Crippen molar-refractivity contribution in [2.24, 2.45) is 0 Å². The number of tetrazole rings is 1. The van der Waals surface area contributed by atoms with Gasteiger partial charge in [0.05, 0.1) is 5.69 Å². The molecule has 6 nitrogen and oxygen atoms in total. The third kappa shape index (κ3) is 2.40. The molecule has 110 valence electrons. The maximum Gasteiger partial charge on any atom is 0.247 e. The highest BCUT2D eigenvalue weighted by molar-refractivity contribution is 5.39. The van der Waals surface area contributed by atoms with Crippen molar-refractivity contribution in [3.63, 3.8) is 0 Å². The van der Waals surface area contributed by atoms with Crippen LogP contribution in [0.15, 0.2) is 30.3 Å². The number of nitrogens with one attached hydrogen (secondary N) is 2. The Labute approximate surface area is 123 Å². The largest absolute Gasteiger partial charge is 0.350 e. The van der Waals surface area contributed by atoms with Crippen molar-refractivity contribution in [1.82, 2.24) is 25.5 Å². The lowest BCUT2D eigenvalue weighted by molar-refractivity contribution is 0.135. The molecule has 0 bridgehead atoms. The first kappa shape index (κ1) is 12.8. The summed E-state index contributed by atoms with van der Waals surface area (Å²) >= 11 is 0. The molecular formula is C15H20N6. The summed E-state index contributed by atoms with van der Waals surface area (Å²) in [7, 11) is 0. The zero-order valence-corrected chi connectivity index (χ0v) is 12.0. The van der Waals surface area contributed by atoms with Gasteiger partial charge in [-0.2, -0.15) is 4.68 Å². The van der Waals surface area contributed by atoms with Crippen LogP contribution in [0.3, 0.4) is 0 Å². The Morgan fingerprint density at radius 1 is 1.24 bits per heavy atom. The van der Waals surface area contributed by atoms with Crippen LogP contribution in [0.4, 0.5) is 5.95 Å². The SMILES string of the molecule is c1ccc(-n2nnnc2NC2CCNC3(CCC3)C2)cc1. The summed E-state index contributed by atoms with van der Waals surface area (Å²) in [6.45, 7) is 1.07. The summed E-state index contributed by atoms with van der Waals surface area (Å²) in [5, 5.41) is 19.3. The molecule has 0 amide bonds. The third-order valence-electron chi connectivity index (χ3n) is 4.74. The number of hydrogen-bond acceptors (Lipinski definition) is 5. The monoisotopic (exact) mass is 284 g/mol. The van der Waals surface area contributed by atoms with Crippen LogP contribution in [0.1, 0.15) is 32.1 Å². The van der Waals surface area contributed by atoms with Crippen molar-refractivity contribution in [3.05, 3.63) is 30.3 Å². The van der Waals surface area contributed by atoms with Crippen molar-refractivity contribution in [3.8, 4) is 5.69 Å². The fourth-order valence-corrected chi connectivity index (χ4v) is 3.47. The highest BCUT2D eigenvalue weighted by Gasteiger charge is 2.41. The van der Waals surface area contributed by atoms with Gasteiger partial charge in [0.15, 0.2) is 0 Å². The number of piperidine rings is 1. The van der Waals surface area contributed by atoms with Gasteiger partial charge in [-0.05, 0) is 61.2 Å². The normalized spacial score (nSPS) is 23.7. The Bertz CT molecular complexity index is 604. The number of rotatable bonds is 3. The molecule has 0 radical (unpaired) electrons. The van der Waals surface area contributed by atoms with Crippen molar-refractivity contribution < 1.29 is 0 Å². The molecule has 4 rings (SSSR count). The minimum Gasteiger partial charge on any atom is -0.350 e. The fourth-order valence-electron chi connectivity index (χ4n) is 3.47. The lowest BCUT2D eigenvalue weighted by atomic mass is 9.70. The molecule has 2 aliphatic rings. The zero-order chi connectivity index (χ0) is 14.1. The second-order valence-corrected chi connectivity index (χ2v) is 6.14. The van der Waals surface area contributed by atoms with Crippen LogP contribution in [-0.4, -0.2) is 38.3 Å². The van der Waals surface area contributed by atoms with Crippen molar-refractivity contribution in [2.75, 3.05) is 11.9 Å². The highest BCUT2D eigenvalue weighted by Crippen LogP contribution is 2.38. The van der Waals surface area contributed by atoms with E-state index >= 15 is 0 Å². The summed E-state index contributed by atoms with van der Waals surface area (Å²) < 4.78 is 1.77. The Balaban J connectivity index is 1.51. The number of para-hydroxylation sites is 1. The summed E-state index contributed by atoms with van der Waals surface area (Å²) in [4.78, 5) is 0. The maximum atomic E-state index is 4.15. The standard InChI is InChI=1S/C15H20N6/c1-2-5-13(6-3-1)21-14(18-19-20-21)17-12-7-10-16-15(11-12)8-4-9-15/h1-3,5-6,12,16H,4,7-11H2,(H,17,18,20). The molecule has 2 heterocycles. The Hall–Kier alpha value is -1.95. The Morgan fingerprint density at radius 2 is 2.10 bits per heavy atom. The van der Waals surface area contributed by atoms with Crippen LogP contribution in [0, 0.1) is 0 Å². The van der Waals surface area contributed by atoms with E-state index in [1.807, 2.05) is 30.3 Å². The molecule has 1 aliphatic carbocycles. The highest BCUT2D eigenvalue weighted by atomic mass is 15.6. The van der Waals surface area contributed by atoms with Crippen LogP contribution < -0.4 is 10.6 Å².